The molecule has 0 aliphatic heterocycles. The number of primary amides is 1. The van der Waals surface area contributed by atoms with Gasteiger partial charge < -0.3 is 10.7 Å². The van der Waals surface area contributed by atoms with Crippen LogP contribution in [0.15, 0.2) is 48.7 Å². The van der Waals surface area contributed by atoms with Crippen LogP contribution in [0, 0.1) is 0 Å². The number of carbonyl (C=O) groups is 1. The van der Waals surface area contributed by atoms with Crippen molar-refractivity contribution in [1.82, 2.24) is 9.97 Å². The number of benzene rings is 1. The average Bonchev–Trinajstić information content (AvgIpc) is 2.78. The number of nitrogens with one attached hydrogen (secondary N) is 1. The van der Waals surface area contributed by atoms with Gasteiger partial charge in [0.15, 0.2) is 0 Å². The van der Waals surface area contributed by atoms with Gasteiger partial charge in [-0.25, -0.2) is 4.98 Å². The van der Waals surface area contributed by atoms with E-state index in [2.05, 4.69) is 9.97 Å². The van der Waals surface area contributed by atoms with Crippen molar-refractivity contribution in [2.45, 2.75) is 6.42 Å². The van der Waals surface area contributed by atoms with Crippen LogP contribution in [0.4, 0.5) is 0 Å². The van der Waals surface area contributed by atoms with E-state index in [-0.39, 0.29) is 12.3 Å². The second-order valence-electron chi connectivity index (χ2n) is 4.39. The second kappa shape index (κ2) is 4.57. The summed E-state index contributed by atoms with van der Waals surface area (Å²) in [6, 6.07) is 13.7. The molecule has 94 valence electrons. The molecular formula is C15H13N3O. The molecule has 2 aromatic heterocycles. The van der Waals surface area contributed by atoms with Crippen molar-refractivity contribution in [2.24, 2.45) is 5.73 Å². The van der Waals surface area contributed by atoms with Crippen LogP contribution in [0.3, 0.4) is 0 Å². The summed E-state index contributed by atoms with van der Waals surface area (Å²) in [6.07, 6.45) is 1.93. The number of aromatic amines is 1. The summed E-state index contributed by atoms with van der Waals surface area (Å²) in [4.78, 5) is 18.8. The number of hydrogen-bond donors (Lipinski definition) is 2. The van der Waals surface area contributed by atoms with Crippen LogP contribution in [-0.2, 0) is 11.2 Å². The highest BCUT2D eigenvalue weighted by Crippen LogP contribution is 2.29. The predicted octanol–water partition coefficient (Wildman–Crippen LogP) is 2.26. The molecule has 3 N–H and O–H groups in total. The Morgan fingerprint density at radius 1 is 1.16 bits per heavy atom. The summed E-state index contributed by atoms with van der Waals surface area (Å²) in [5.74, 6) is -0.345. The van der Waals surface area contributed by atoms with E-state index in [1.807, 2.05) is 42.5 Å². The van der Waals surface area contributed by atoms with Gasteiger partial charge in [-0.2, -0.15) is 0 Å². The lowest BCUT2D eigenvalue weighted by Crippen LogP contribution is -2.13. The van der Waals surface area contributed by atoms with Gasteiger partial charge in [0.25, 0.3) is 0 Å². The van der Waals surface area contributed by atoms with Crippen molar-refractivity contribution >= 4 is 16.9 Å². The number of H-pyrrole nitrogens is 1. The monoisotopic (exact) mass is 251 g/mol. The molecular weight excluding hydrogens is 238 g/mol. The lowest BCUT2D eigenvalue weighted by molar-refractivity contribution is -0.117. The maximum Gasteiger partial charge on any atom is 0.221 e. The fraction of sp³-hybridized carbons (Fsp3) is 0.0667. The maximum absolute atomic E-state index is 11.3. The van der Waals surface area contributed by atoms with E-state index in [0.717, 1.165) is 27.9 Å². The van der Waals surface area contributed by atoms with Gasteiger partial charge in [0.2, 0.25) is 5.91 Å². The van der Waals surface area contributed by atoms with Gasteiger partial charge in [-0.15, -0.1) is 0 Å². The highest BCUT2D eigenvalue weighted by atomic mass is 16.1. The quantitative estimate of drug-likeness (QED) is 0.749. The van der Waals surface area contributed by atoms with Gasteiger partial charge >= 0.3 is 0 Å². The highest BCUT2D eigenvalue weighted by molar-refractivity contribution is 5.93. The first-order chi connectivity index (χ1) is 9.25. The number of rotatable bonds is 3. The molecule has 0 spiro atoms. The fourth-order valence-corrected chi connectivity index (χ4v) is 2.29. The van der Waals surface area contributed by atoms with E-state index >= 15 is 0 Å². The van der Waals surface area contributed by atoms with Gasteiger partial charge in [0, 0.05) is 11.6 Å². The Kier molecular flexibility index (Phi) is 2.76. The molecule has 1 aromatic carbocycles. The lowest BCUT2D eigenvalue weighted by Gasteiger charge is -2.02. The average molecular weight is 251 g/mol. The number of aromatic nitrogens is 2. The van der Waals surface area contributed by atoms with Crippen molar-refractivity contribution in [1.29, 1.82) is 0 Å². The molecule has 19 heavy (non-hydrogen) atoms. The zero-order chi connectivity index (χ0) is 13.2. The van der Waals surface area contributed by atoms with E-state index < -0.39 is 0 Å². The van der Waals surface area contributed by atoms with Crippen LogP contribution in [0.1, 0.15) is 5.56 Å². The third kappa shape index (κ3) is 2.08. The summed E-state index contributed by atoms with van der Waals surface area (Å²) < 4.78 is 0. The summed E-state index contributed by atoms with van der Waals surface area (Å²) in [5, 5.41) is 0.945. The van der Waals surface area contributed by atoms with Crippen LogP contribution >= 0.6 is 0 Å². The van der Waals surface area contributed by atoms with E-state index in [4.69, 9.17) is 5.73 Å². The first kappa shape index (κ1) is 11.5. The van der Waals surface area contributed by atoms with Gasteiger partial charge in [-0.05, 0) is 23.3 Å². The van der Waals surface area contributed by atoms with Crippen molar-refractivity contribution in [2.75, 3.05) is 0 Å². The zero-order valence-electron chi connectivity index (χ0n) is 10.3. The minimum atomic E-state index is -0.345. The van der Waals surface area contributed by atoms with E-state index in [0.29, 0.717) is 0 Å². The molecule has 4 heteroatoms. The SMILES string of the molecule is NC(=O)Cc1c(-c2ccccc2)[nH]c2ncccc12. The standard InChI is InChI=1S/C15H13N3O/c16-13(19)9-12-11-7-4-8-17-15(11)18-14(12)10-5-2-1-3-6-10/h1-8H,9H2,(H2,16,19)(H,17,18). The second-order valence-corrected chi connectivity index (χ2v) is 4.39. The number of amides is 1. The largest absolute Gasteiger partial charge is 0.369 e. The third-order valence-electron chi connectivity index (χ3n) is 3.09. The molecule has 1 amide bonds. The summed E-state index contributed by atoms with van der Waals surface area (Å²) in [5.41, 5.74) is 8.96. The van der Waals surface area contributed by atoms with Gasteiger partial charge in [0.1, 0.15) is 5.65 Å². The Balaban J connectivity index is 2.26. The number of nitrogens with zero attached hydrogens (tertiary/aromatic N) is 1. The molecule has 3 aromatic rings. The molecule has 3 rings (SSSR count). The topological polar surface area (TPSA) is 71.8 Å². The molecule has 0 radical (unpaired) electrons. The molecule has 0 fully saturated rings. The van der Waals surface area contributed by atoms with Crippen LogP contribution in [-0.4, -0.2) is 15.9 Å². The molecule has 0 saturated heterocycles. The van der Waals surface area contributed by atoms with Crippen molar-refractivity contribution in [3.05, 3.63) is 54.2 Å². The molecule has 0 atom stereocenters. The maximum atomic E-state index is 11.3. The third-order valence-corrected chi connectivity index (χ3v) is 3.09. The number of fused-ring (bicyclic) bond motifs is 1. The Morgan fingerprint density at radius 3 is 2.68 bits per heavy atom. The number of carbonyl (C=O) groups excluding carboxylic acids is 1. The van der Waals surface area contributed by atoms with E-state index in [9.17, 15) is 4.79 Å². The van der Waals surface area contributed by atoms with Gasteiger partial charge in [-0.3, -0.25) is 4.79 Å². The van der Waals surface area contributed by atoms with Crippen LogP contribution in [0.2, 0.25) is 0 Å². The van der Waals surface area contributed by atoms with Crippen LogP contribution < -0.4 is 5.73 Å². The van der Waals surface area contributed by atoms with Crippen LogP contribution in [0.5, 0.6) is 0 Å². The molecule has 0 unspecified atom stereocenters. The molecule has 4 nitrogen and oxygen atoms in total. The number of hydrogen-bond acceptors (Lipinski definition) is 2. The van der Waals surface area contributed by atoms with Crippen LogP contribution in [0.25, 0.3) is 22.3 Å². The van der Waals surface area contributed by atoms with Crippen molar-refractivity contribution < 1.29 is 4.79 Å². The summed E-state index contributed by atoms with van der Waals surface area (Å²) >= 11 is 0. The van der Waals surface area contributed by atoms with Gasteiger partial charge in [-0.1, -0.05) is 30.3 Å². The summed E-state index contributed by atoms with van der Waals surface area (Å²) in [6.45, 7) is 0. The Labute approximate surface area is 110 Å². The molecule has 2 heterocycles. The minimum Gasteiger partial charge on any atom is -0.369 e. The molecule has 0 aliphatic rings. The number of pyridine rings is 1. The Bertz CT molecular complexity index is 731. The molecule has 0 bridgehead atoms. The van der Waals surface area contributed by atoms with Crippen molar-refractivity contribution in [3.8, 4) is 11.3 Å². The lowest BCUT2D eigenvalue weighted by atomic mass is 10.0. The first-order valence-electron chi connectivity index (χ1n) is 6.05. The predicted molar refractivity (Wildman–Crippen MR) is 74.4 cm³/mol. The Morgan fingerprint density at radius 2 is 1.95 bits per heavy atom. The summed E-state index contributed by atoms with van der Waals surface area (Å²) in [7, 11) is 0. The van der Waals surface area contributed by atoms with Crippen molar-refractivity contribution in [3.63, 3.8) is 0 Å². The minimum absolute atomic E-state index is 0.204. The number of nitrogens with two attached hydrogens (primary N) is 1. The van der Waals surface area contributed by atoms with E-state index in [1.54, 1.807) is 6.20 Å². The normalized spacial score (nSPS) is 10.7. The molecule has 0 aliphatic carbocycles. The molecule has 0 saturated carbocycles. The first-order valence-corrected chi connectivity index (χ1v) is 6.05. The zero-order valence-corrected chi connectivity index (χ0v) is 10.3. The fourth-order valence-electron chi connectivity index (χ4n) is 2.29. The Hall–Kier alpha value is -2.62. The highest BCUT2D eigenvalue weighted by Gasteiger charge is 2.15. The van der Waals surface area contributed by atoms with E-state index in [1.165, 1.54) is 0 Å². The van der Waals surface area contributed by atoms with Gasteiger partial charge in [0.05, 0.1) is 12.1 Å². The smallest absolute Gasteiger partial charge is 0.221 e.